The zero-order valence-corrected chi connectivity index (χ0v) is 17.7. The molecule has 0 spiro atoms. The van der Waals surface area contributed by atoms with Crippen molar-refractivity contribution in [1.82, 2.24) is 10.5 Å². The summed E-state index contributed by atoms with van der Waals surface area (Å²) in [5, 5.41) is 37.9. The second kappa shape index (κ2) is 9.60. The molecule has 3 N–H and O–H groups in total. The van der Waals surface area contributed by atoms with Crippen LogP contribution in [-0.4, -0.2) is 32.7 Å². The molecular formula is C23H23N3O7. The summed E-state index contributed by atoms with van der Waals surface area (Å²) in [5.74, 6) is -0.227. The number of nitrogens with zero attached hydrogens (tertiary/aromatic N) is 2. The van der Waals surface area contributed by atoms with E-state index in [1.54, 1.807) is 0 Å². The van der Waals surface area contributed by atoms with Crippen LogP contribution in [0, 0.1) is 16.0 Å². The number of nitro benzene ring substituents is 1. The van der Waals surface area contributed by atoms with Crippen LogP contribution in [0.15, 0.2) is 47.0 Å². The molecule has 0 saturated heterocycles. The Morgan fingerprint density at radius 3 is 2.58 bits per heavy atom. The van der Waals surface area contributed by atoms with Crippen molar-refractivity contribution in [1.29, 1.82) is 0 Å². The Morgan fingerprint density at radius 2 is 1.88 bits per heavy atom. The molecule has 1 aliphatic rings. The summed E-state index contributed by atoms with van der Waals surface area (Å²) >= 11 is 0. The number of non-ortho nitro benzene ring substituents is 1. The molecule has 10 nitrogen and oxygen atoms in total. The highest BCUT2D eigenvalue weighted by Crippen LogP contribution is 2.43. The molecule has 0 radical (unpaired) electrons. The molecule has 4 rings (SSSR count). The Hall–Kier alpha value is -4.08. The lowest BCUT2D eigenvalue weighted by molar-refractivity contribution is -0.384. The van der Waals surface area contributed by atoms with Gasteiger partial charge in [-0.2, -0.15) is 0 Å². The van der Waals surface area contributed by atoms with Gasteiger partial charge >= 0.3 is 0 Å². The molecule has 1 amide bonds. The fraction of sp³-hybridized carbons (Fsp3) is 0.304. The molecule has 0 aliphatic heterocycles. The van der Waals surface area contributed by atoms with Crippen molar-refractivity contribution in [2.75, 3.05) is 6.54 Å². The van der Waals surface area contributed by atoms with Crippen LogP contribution in [0.25, 0.3) is 11.3 Å². The number of nitrogens with one attached hydrogen (secondary N) is 1. The molecule has 1 heterocycles. The molecule has 1 saturated carbocycles. The van der Waals surface area contributed by atoms with Gasteiger partial charge in [0.25, 0.3) is 11.6 Å². The fourth-order valence-electron chi connectivity index (χ4n) is 3.90. The average molecular weight is 453 g/mol. The van der Waals surface area contributed by atoms with Crippen molar-refractivity contribution >= 4 is 11.6 Å². The van der Waals surface area contributed by atoms with Gasteiger partial charge in [0.2, 0.25) is 0 Å². The first-order valence-electron chi connectivity index (χ1n) is 10.6. The van der Waals surface area contributed by atoms with Crippen LogP contribution in [0.3, 0.4) is 0 Å². The maximum Gasteiger partial charge on any atom is 0.273 e. The minimum atomic E-state index is -0.537. The average Bonchev–Trinajstić information content (AvgIpc) is 3.28. The number of ether oxygens (including phenoxy) is 1. The lowest BCUT2D eigenvalue weighted by atomic mass is 9.89. The highest BCUT2D eigenvalue weighted by molar-refractivity contribution is 5.93. The van der Waals surface area contributed by atoms with Gasteiger partial charge in [-0.1, -0.05) is 24.4 Å². The second-order valence-corrected chi connectivity index (χ2v) is 7.98. The van der Waals surface area contributed by atoms with Gasteiger partial charge < -0.3 is 24.8 Å². The first-order chi connectivity index (χ1) is 15.9. The zero-order chi connectivity index (χ0) is 23.4. The number of hydrogen-bond donors (Lipinski definition) is 3. The van der Waals surface area contributed by atoms with E-state index in [4.69, 9.17) is 9.26 Å². The van der Waals surface area contributed by atoms with Crippen molar-refractivity contribution in [2.45, 2.75) is 32.1 Å². The summed E-state index contributed by atoms with van der Waals surface area (Å²) in [6, 6.07) is 9.03. The van der Waals surface area contributed by atoms with Crippen molar-refractivity contribution in [3.05, 3.63) is 58.3 Å². The lowest BCUT2D eigenvalue weighted by Crippen LogP contribution is -2.30. The van der Waals surface area contributed by atoms with E-state index in [0.29, 0.717) is 12.5 Å². The normalized spacial score (nSPS) is 14.1. The number of phenols is 2. The first-order valence-corrected chi connectivity index (χ1v) is 10.6. The molecule has 1 aromatic heterocycles. The Bertz CT molecular complexity index is 1150. The van der Waals surface area contributed by atoms with Crippen LogP contribution >= 0.6 is 0 Å². The van der Waals surface area contributed by atoms with Crippen molar-refractivity contribution in [2.24, 2.45) is 5.92 Å². The van der Waals surface area contributed by atoms with Crippen LogP contribution in [-0.2, 0) is 0 Å². The number of amides is 1. The largest absolute Gasteiger partial charge is 0.508 e. The number of phenolic OH excluding ortho intramolecular Hbond substituents is 2. The molecule has 0 bridgehead atoms. The quantitative estimate of drug-likeness (QED) is 0.342. The lowest BCUT2D eigenvalue weighted by Gasteiger charge is -2.21. The molecular weight excluding hydrogens is 430 g/mol. The van der Waals surface area contributed by atoms with E-state index >= 15 is 0 Å². The number of carbonyl (C=O) groups excluding carboxylic acids is 1. The molecule has 1 aliphatic carbocycles. The van der Waals surface area contributed by atoms with E-state index < -0.39 is 4.92 Å². The summed E-state index contributed by atoms with van der Waals surface area (Å²) in [7, 11) is 0. The van der Waals surface area contributed by atoms with Crippen LogP contribution in [0.4, 0.5) is 5.69 Å². The van der Waals surface area contributed by atoms with E-state index in [2.05, 4.69) is 10.5 Å². The van der Waals surface area contributed by atoms with Crippen LogP contribution in [0.1, 0.15) is 42.6 Å². The summed E-state index contributed by atoms with van der Waals surface area (Å²) < 4.78 is 11.0. The standard InChI is InChI=1S/C23H23N3O7/c27-16-10-19(28)22(20(11-16)32-17-8-6-15(7-9-17)26(30)31)21-12-18(25-33-21)23(29)24-13-14-4-2-1-3-5-14/h6-12,14,27-28H,1-5,13H2,(H,24,29). The highest BCUT2D eigenvalue weighted by Gasteiger charge is 2.22. The molecule has 172 valence electrons. The summed E-state index contributed by atoms with van der Waals surface area (Å²) in [6.45, 7) is 0.569. The SMILES string of the molecule is O=C(NCC1CCCCC1)c1cc(-c2c(O)cc(O)cc2Oc2ccc([N+](=O)[O-])cc2)on1. The molecule has 0 atom stereocenters. The van der Waals surface area contributed by atoms with Gasteiger partial charge in [0.05, 0.1) is 4.92 Å². The van der Waals surface area contributed by atoms with Gasteiger partial charge in [-0.25, -0.2) is 0 Å². The van der Waals surface area contributed by atoms with Gasteiger partial charge in [0, 0.05) is 36.9 Å². The van der Waals surface area contributed by atoms with E-state index in [-0.39, 0.29) is 51.6 Å². The maximum atomic E-state index is 12.5. The molecule has 0 unspecified atom stereocenters. The second-order valence-electron chi connectivity index (χ2n) is 7.98. The Labute approximate surface area is 188 Å². The monoisotopic (exact) mass is 453 g/mol. The minimum absolute atomic E-state index is 0.0201. The summed E-state index contributed by atoms with van der Waals surface area (Å²) in [6.07, 6.45) is 5.76. The number of aromatic nitrogens is 1. The van der Waals surface area contributed by atoms with E-state index in [1.165, 1.54) is 55.7 Å². The minimum Gasteiger partial charge on any atom is -0.508 e. The number of nitro groups is 1. The highest BCUT2D eigenvalue weighted by atomic mass is 16.6. The maximum absolute atomic E-state index is 12.5. The molecule has 2 aromatic carbocycles. The van der Waals surface area contributed by atoms with Crippen LogP contribution in [0.5, 0.6) is 23.0 Å². The third-order valence-corrected chi connectivity index (χ3v) is 5.61. The third kappa shape index (κ3) is 5.22. The van der Waals surface area contributed by atoms with Gasteiger partial charge in [-0.05, 0) is 30.9 Å². The van der Waals surface area contributed by atoms with Crippen LogP contribution in [0.2, 0.25) is 0 Å². The van der Waals surface area contributed by atoms with Crippen LogP contribution < -0.4 is 10.1 Å². The first kappa shape index (κ1) is 22.1. The van der Waals surface area contributed by atoms with Crippen molar-refractivity contribution < 1.29 is 29.2 Å². The number of aromatic hydroxyl groups is 2. The zero-order valence-electron chi connectivity index (χ0n) is 17.7. The Balaban J connectivity index is 1.54. The molecule has 10 heteroatoms. The number of benzene rings is 2. The smallest absolute Gasteiger partial charge is 0.273 e. The summed E-state index contributed by atoms with van der Waals surface area (Å²) in [5.41, 5.74) is 0.0139. The third-order valence-electron chi connectivity index (χ3n) is 5.61. The van der Waals surface area contributed by atoms with Crippen molar-refractivity contribution in [3.63, 3.8) is 0 Å². The fourth-order valence-corrected chi connectivity index (χ4v) is 3.90. The van der Waals surface area contributed by atoms with Gasteiger partial charge in [-0.3, -0.25) is 14.9 Å². The van der Waals surface area contributed by atoms with Crippen molar-refractivity contribution in [3.8, 4) is 34.3 Å². The number of carbonyl (C=O) groups is 1. The van der Waals surface area contributed by atoms with Gasteiger partial charge in [-0.15, -0.1) is 0 Å². The molecule has 1 fully saturated rings. The number of rotatable bonds is 7. The Kier molecular flexibility index (Phi) is 6.43. The summed E-state index contributed by atoms with van der Waals surface area (Å²) in [4.78, 5) is 22.8. The predicted octanol–water partition coefficient (Wildman–Crippen LogP) is 4.76. The number of hydrogen-bond acceptors (Lipinski definition) is 8. The van der Waals surface area contributed by atoms with E-state index in [1.807, 2.05) is 0 Å². The Morgan fingerprint density at radius 1 is 1.15 bits per heavy atom. The predicted molar refractivity (Wildman–Crippen MR) is 117 cm³/mol. The molecule has 33 heavy (non-hydrogen) atoms. The van der Waals surface area contributed by atoms with E-state index in [0.717, 1.165) is 18.9 Å². The van der Waals surface area contributed by atoms with E-state index in [9.17, 15) is 25.1 Å². The molecule has 3 aromatic rings. The van der Waals surface area contributed by atoms with Gasteiger partial charge in [0.15, 0.2) is 11.5 Å². The topological polar surface area (TPSA) is 148 Å². The van der Waals surface area contributed by atoms with Gasteiger partial charge in [0.1, 0.15) is 28.6 Å².